The van der Waals surface area contributed by atoms with Crippen molar-refractivity contribution in [3.05, 3.63) is 69.2 Å². The van der Waals surface area contributed by atoms with Gasteiger partial charge in [-0.2, -0.15) is 0 Å². The minimum absolute atomic E-state index is 0.560. The standard InChI is InChI=1S/C18H21BrO/c1-12(2)10-14-4-6-15(7-5-14)18(20)16-8-9-17(19)13(3)11-16/h4-9,11-12,18,20H,10H2,1-3H3. The summed E-state index contributed by atoms with van der Waals surface area (Å²) < 4.78 is 1.07. The fourth-order valence-corrected chi connectivity index (χ4v) is 2.58. The lowest BCUT2D eigenvalue weighted by Gasteiger charge is -2.14. The first-order chi connectivity index (χ1) is 9.47. The predicted octanol–water partition coefficient (Wildman–Crippen LogP) is 5.04. The van der Waals surface area contributed by atoms with Crippen molar-refractivity contribution in [3.63, 3.8) is 0 Å². The number of halogens is 1. The van der Waals surface area contributed by atoms with Crippen molar-refractivity contribution < 1.29 is 5.11 Å². The predicted molar refractivity (Wildman–Crippen MR) is 87.9 cm³/mol. The SMILES string of the molecule is Cc1cc(C(O)c2ccc(CC(C)C)cc2)ccc1Br. The van der Waals surface area contributed by atoms with Crippen molar-refractivity contribution in [2.75, 3.05) is 0 Å². The van der Waals surface area contributed by atoms with Gasteiger partial charge in [-0.3, -0.25) is 0 Å². The highest BCUT2D eigenvalue weighted by atomic mass is 79.9. The van der Waals surface area contributed by atoms with Crippen molar-refractivity contribution in [1.82, 2.24) is 0 Å². The zero-order valence-corrected chi connectivity index (χ0v) is 13.8. The molecule has 0 aliphatic heterocycles. The van der Waals surface area contributed by atoms with Crippen LogP contribution in [-0.2, 0) is 6.42 Å². The van der Waals surface area contributed by atoms with E-state index in [1.807, 2.05) is 37.3 Å². The third kappa shape index (κ3) is 3.71. The van der Waals surface area contributed by atoms with Crippen molar-refractivity contribution in [2.24, 2.45) is 5.92 Å². The normalized spacial score (nSPS) is 12.7. The van der Waals surface area contributed by atoms with Crippen LogP contribution in [0.1, 0.15) is 42.2 Å². The zero-order valence-electron chi connectivity index (χ0n) is 12.2. The molecule has 0 bridgehead atoms. The number of aryl methyl sites for hydroxylation is 1. The summed E-state index contributed by atoms with van der Waals surface area (Å²) in [5, 5.41) is 10.5. The first-order valence-corrected chi connectivity index (χ1v) is 7.79. The van der Waals surface area contributed by atoms with Gasteiger partial charge in [0.25, 0.3) is 0 Å². The van der Waals surface area contributed by atoms with Crippen molar-refractivity contribution >= 4 is 15.9 Å². The molecule has 2 aromatic rings. The largest absolute Gasteiger partial charge is 0.384 e. The van der Waals surface area contributed by atoms with Crippen LogP contribution in [0.4, 0.5) is 0 Å². The molecule has 0 amide bonds. The van der Waals surface area contributed by atoms with Gasteiger partial charge in [0.2, 0.25) is 0 Å². The van der Waals surface area contributed by atoms with Crippen molar-refractivity contribution in [1.29, 1.82) is 0 Å². The van der Waals surface area contributed by atoms with Crippen LogP contribution in [0, 0.1) is 12.8 Å². The molecule has 0 aliphatic rings. The third-order valence-electron chi connectivity index (χ3n) is 3.44. The Morgan fingerprint density at radius 3 is 2.15 bits per heavy atom. The lowest BCUT2D eigenvalue weighted by molar-refractivity contribution is 0.220. The van der Waals surface area contributed by atoms with E-state index >= 15 is 0 Å². The van der Waals surface area contributed by atoms with Crippen LogP contribution in [0.15, 0.2) is 46.9 Å². The van der Waals surface area contributed by atoms with Gasteiger partial charge in [0, 0.05) is 4.47 Å². The number of rotatable bonds is 4. The summed E-state index contributed by atoms with van der Waals surface area (Å²) in [5.41, 5.74) is 4.34. The minimum Gasteiger partial charge on any atom is -0.384 e. The average molecular weight is 333 g/mol. The highest BCUT2D eigenvalue weighted by Gasteiger charge is 2.11. The van der Waals surface area contributed by atoms with Crippen LogP contribution >= 0.6 is 15.9 Å². The van der Waals surface area contributed by atoms with Crippen LogP contribution in [0.2, 0.25) is 0 Å². The zero-order chi connectivity index (χ0) is 14.7. The summed E-state index contributed by atoms with van der Waals surface area (Å²) in [6.07, 6.45) is 0.517. The Kier molecular flexibility index (Phi) is 5.00. The molecule has 2 aromatic carbocycles. The number of hydrogen-bond acceptors (Lipinski definition) is 1. The molecule has 0 aromatic heterocycles. The molecular weight excluding hydrogens is 312 g/mol. The van der Waals surface area contributed by atoms with Gasteiger partial charge >= 0.3 is 0 Å². The van der Waals surface area contributed by atoms with Gasteiger partial charge in [-0.15, -0.1) is 0 Å². The number of hydrogen-bond donors (Lipinski definition) is 1. The van der Waals surface area contributed by atoms with E-state index in [-0.39, 0.29) is 0 Å². The van der Waals surface area contributed by atoms with Crippen molar-refractivity contribution in [2.45, 2.75) is 33.3 Å². The number of aliphatic hydroxyl groups is 1. The fraction of sp³-hybridized carbons (Fsp3) is 0.333. The first-order valence-electron chi connectivity index (χ1n) is 7.00. The van der Waals surface area contributed by atoms with Gasteiger partial charge in [0.1, 0.15) is 6.10 Å². The van der Waals surface area contributed by atoms with E-state index in [0.29, 0.717) is 5.92 Å². The lowest BCUT2D eigenvalue weighted by Crippen LogP contribution is -2.01. The molecule has 0 heterocycles. The summed E-state index contributed by atoms with van der Waals surface area (Å²) in [6, 6.07) is 14.3. The molecule has 0 fully saturated rings. The Balaban J connectivity index is 2.20. The van der Waals surface area contributed by atoms with Gasteiger partial charge in [-0.25, -0.2) is 0 Å². The summed E-state index contributed by atoms with van der Waals surface area (Å²) in [6.45, 7) is 6.47. The Morgan fingerprint density at radius 1 is 1.00 bits per heavy atom. The Hall–Kier alpha value is -1.12. The van der Waals surface area contributed by atoms with Gasteiger partial charge in [0.15, 0.2) is 0 Å². The maximum absolute atomic E-state index is 10.5. The molecule has 2 rings (SSSR count). The topological polar surface area (TPSA) is 20.2 Å². The number of benzene rings is 2. The van der Waals surface area contributed by atoms with Gasteiger partial charge < -0.3 is 5.11 Å². The molecule has 0 aliphatic carbocycles. The monoisotopic (exact) mass is 332 g/mol. The third-order valence-corrected chi connectivity index (χ3v) is 4.33. The van der Waals surface area contributed by atoms with E-state index in [1.54, 1.807) is 0 Å². The van der Waals surface area contributed by atoms with Crippen molar-refractivity contribution in [3.8, 4) is 0 Å². The molecule has 1 nitrogen and oxygen atoms in total. The minimum atomic E-state index is -0.560. The quantitative estimate of drug-likeness (QED) is 0.831. The summed E-state index contributed by atoms with van der Waals surface area (Å²) in [4.78, 5) is 0. The summed E-state index contributed by atoms with van der Waals surface area (Å²) in [5.74, 6) is 0.653. The molecule has 2 heteroatoms. The first kappa shape index (κ1) is 15.3. The molecule has 0 spiro atoms. The fourth-order valence-electron chi connectivity index (χ4n) is 2.34. The van der Waals surface area contributed by atoms with E-state index in [2.05, 4.69) is 41.9 Å². The smallest absolute Gasteiger partial charge is 0.104 e. The lowest BCUT2D eigenvalue weighted by atomic mass is 9.97. The molecule has 0 radical (unpaired) electrons. The van der Waals surface area contributed by atoms with Gasteiger partial charge in [-0.1, -0.05) is 66.2 Å². The van der Waals surface area contributed by atoms with E-state index in [9.17, 15) is 5.11 Å². The number of aliphatic hydroxyl groups excluding tert-OH is 1. The molecule has 106 valence electrons. The molecule has 0 saturated heterocycles. The maximum Gasteiger partial charge on any atom is 0.104 e. The van der Waals surface area contributed by atoms with E-state index in [1.165, 1.54) is 5.56 Å². The van der Waals surface area contributed by atoms with Gasteiger partial charge in [0.05, 0.1) is 0 Å². The molecule has 1 N–H and O–H groups in total. The van der Waals surface area contributed by atoms with Crippen LogP contribution in [-0.4, -0.2) is 5.11 Å². The molecule has 20 heavy (non-hydrogen) atoms. The Bertz CT molecular complexity index is 572. The summed E-state index contributed by atoms with van der Waals surface area (Å²) in [7, 11) is 0. The van der Waals surface area contributed by atoms with Crippen LogP contribution in [0.25, 0.3) is 0 Å². The maximum atomic E-state index is 10.5. The highest BCUT2D eigenvalue weighted by molar-refractivity contribution is 9.10. The molecular formula is C18H21BrO. The Labute approximate surface area is 129 Å². The van der Waals surface area contributed by atoms with E-state index < -0.39 is 6.10 Å². The van der Waals surface area contributed by atoms with Crippen LogP contribution in [0.5, 0.6) is 0 Å². The second-order valence-electron chi connectivity index (χ2n) is 5.75. The second kappa shape index (κ2) is 6.55. The van der Waals surface area contributed by atoms with Gasteiger partial charge in [-0.05, 0) is 47.6 Å². The van der Waals surface area contributed by atoms with Crippen LogP contribution < -0.4 is 0 Å². The molecule has 1 unspecified atom stereocenters. The average Bonchev–Trinajstić information content (AvgIpc) is 2.41. The molecule has 1 atom stereocenters. The Morgan fingerprint density at radius 2 is 1.60 bits per heavy atom. The second-order valence-corrected chi connectivity index (χ2v) is 6.61. The van der Waals surface area contributed by atoms with Crippen LogP contribution in [0.3, 0.4) is 0 Å². The summed E-state index contributed by atoms with van der Waals surface area (Å²) >= 11 is 3.49. The highest BCUT2D eigenvalue weighted by Crippen LogP contribution is 2.26. The van der Waals surface area contributed by atoms with E-state index in [4.69, 9.17) is 0 Å². The molecule has 0 saturated carbocycles. The van der Waals surface area contributed by atoms with E-state index in [0.717, 1.165) is 27.6 Å².